The molecule has 0 unspecified atom stereocenters. The monoisotopic (exact) mass is 168 g/mol. The number of imide groups is 1. The highest BCUT2D eigenvalue weighted by Crippen LogP contribution is 2.39. The zero-order chi connectivity index (χ0) is 8.98. The summed E-state index contributed by atoms with van der Waals surface area (Å²) in [7, 11) is 0. The second-order valence-corrected chi connectivity index (χ2v) is 4.12. The normalized spacial score (nSPS) is 30.2. The molecule has 4 nitrogen and oxygen atoms in total. The molecule has 12 heavy (non-hydrogen) atoms. The minimum absolute atomic E-state index is 0.160. The van der Waals surface area contributed by atoms with Crippen LogP contribution >= 0.6 is 0 Å². The van der Waals surface area contributed by atoms with Crippen LogP contribution in [0.4, 0.5) is 0 Å². The second kappa shape index (κ2) is 1.88. The number of amides is 2. The zero-order valence-electron chi connectivity index (χ0n) is 7.23. The maximum Gasteiger partial charge on any atom is 0.246 e. The van der Waals surface area contributed by atoms with E-state index < -0.39 is 11.1 Å². The quantitative estimate of drug-likeness (QED) is 0.481. The van der Waals surface area contributed by atoms with E-state index in [2.05, 4.69) is 10.6 Å². The highest BCUT2D eigenvalue weighted by Gasteiger charge is 2.57. The first-order valence-corrected chi connectivity index (χ1v) is 4.12. The molecule has 2 rings (SSSR count). The van der Waals surface area contributed by atoms with Crippen LogP contribution in [-0.2, 0) is 9.59 Å². The van der Waals surface area contributed by atoms with E-state index in [-0.39, 0.29) is 11.8 Å². The summed E-state index contributed by atoms with van der Waals surface area (Å²) in [6, 6.07) is 0. The Morgan fingerprint density at radius 2 is 1.75 bits per heavy atom. The van der Waals surface area contributed by atoms with Gasteiger partial charge in [0.05, 0.1) is 11.1 Å². The lowest BCUT2D eigenvalue weighted by Crippen LogP contribution is -2.68. The first-order chi connectivity index (χ1) is 5.46. The third kappa shape index (κ3) is 0.876. The Labute approximate surface area is 70.7 Å². The predicted octanol–water partition coefficient (Wildman–Crippen LogP) is -0.456. The van der Waals surface area contributed by atoms with Crippen LogP contribution in [-0.4, -0.2) is 22.9 Å². The van der Waals surface area contributed by atoms with Crippen molar-refractivity contribution in [3.63, 3.8) is 0 Å². The van der Waals surface area contributed by atoms with Gasteiger partial charge in [0, 0.05) is 0 Å². The van der Waals surface area contributed by atoms with E-state index in [1.807, 2.05) is 0 Å². The summed E-state index contributed by atoms with van der Waals surface area (Å²) in [5, 5.41) is 5.46. The zero-order valence-corrected chi connectivity index (χ0v) is 7.23. The van der Waals surface area contributed by atoms with Gasteiger partial charge in [-0.15, -0.1) is 0 Å². The van der Waals surface area contributed by atoms with Crippen molar-refractivity contribution < 1.29 is 9.59 Å². The molecule has 0 aromatic carbocycles. The van der Waals surface area contributed by atoms with E-state index in [4.69, 9.17) is 0 Å². The van der Waals surface area contributed by atoms with Gasteiger partial charge in [0.2, 0.25) is 11.8 Å². The van der Waals surface area contributed by atoms with Gasteiger partial charge in [-0.25, -0.2) is 0 Å². The SMILES string of the molecule is CC1(C)NC2(CC2)C(=O)NC1=O. The van der Waals surface area contributed by atoms with E-state index in [0.29, 0.717) is 0 Å². The van der Waals surface area contributed by atoms with Gasteiger partial charge < -0.3 is 0 Å². The molecule has 2 amide bonds. The summed E-state index contributed by atoms with van der Waals surface area (Å²) >= 11 is 0. The molecule has 0 aromatic rings. The van der Waals surface area contributed by atoms with E-state index in [0.717, 1.165) is 12.8 Å². The molecule has 0 atom stereocenters. The van der Waals surface area contributed by atoms with Crippen molar-refractivity contribution in [2.45, 2.75) is 37.8 Å². The van der Waals surface area contributed by atoms with Crippen LogP contribution in [0.5, 0.6) is 0 Å². The van der Waals surface area contributed by atoms with Gasteiger partial charge in [0.1, 0.15) is 0 Å². The lowest BCUT2D eigenvalue weighted by molar-refractivity contribution is -0.140. The average Bonchev–Trinajstić information content (AvgIpc) is 2.66. The molecule has 1 spiro atoms. The summed E-state index contributed by atoms with van der Waals surface area (Å²) < 4.78 is 0. The Hall–Kier alpha value is -0.900. The number of hydrogen-bond donors (Lipinski definition) is 2. The van der Waals surface area contributed by atoms with Crippen molar-refractivity contribution in [3.05, 3.63) is 0 Å². The first kappa shape index (κ1) is 7.73. The lowest BCUT2D eigenvalue weighted by Gasteiger charge is -2.35. The Bertz CT molecular complexity index is 252. The Balaban J connectivity index is 2.26. The number of nitrogens with one attached hydrogen (secondary N) is 2. The molecule has 1 heterocycles. The summed E-state index contributed by atoms with van der Waals surface area (Å²) in [5.74, 6) is -0.392. The number of carbonyl (C=O) groups excluding carboxylic acids is 2. The van der Waals surface area contributed by atoms with Gasteiger partial charge in [-0.05, 0) is 26.7 Å². The van der Waals surface area contributed by atoms with Crippen molar-refractivity contribution in [3.8, 4) is 0 Å². The fourth-order valence-corrected chi connectivity index (χ4v) is 1.57. The van der Waals surface area contributed by atoms with Gasteiger partial charge >= 0.3 is 0 Å². The van der Waals surface area contributed by atoms with Crippen LogP contribution in [0.1, 0.15) is 26.7 Å². The standard InChI is InChI=1S/C8H12N2O2/c1-7(2)5(11)9-6(12)8(10-7)3-4-8/h10H,3-4H2,1-2H3,(H,9,11,12). The molecule has 4 heteroatoms. The third-order valence-corrected chi connectivity index (χ3v) is 2.53. The van der Waals surface area contributed by atoms with Crippen LogP contribution < -0.4 is 10.6 Å². The van der Waals surface area contributed by atoms with Crippen LogP contribution in [0.2, 0.25) is 0 Å². The summed E-state index contributed by atoms with van der Waals surface area (Å²) in [4.78, 5) is 22.5. The molecule has 1 saturated carbocycles. The minimum atomic E-state index is -0.607. The van der Waals surface area contributed by atoms with E-state index in [1.54, 1.807) is 13.8 Å². The van der Waals surface area contributed by atoms with E-state index >= 15 is 0 Å². The smallest absolute Gasteiger partial charge is 0.246 e. The topological polar surface area (TPSA) is 58.2 Å². The Kier molecular flexibility index (Phi) is 1.21. The number of rotatable bonds is 0. The summed E-state index contributed by atoms with van der Waals surface area (Å²) in [6.45, 7) is 3.57. The molecular formula is C8H12N2O2. The predicted molar refractivity (Wildman–Crippen MR) is 42.3 cm³/mol. The molecule has 2 N–H and O–H groups in total. The molecule has 0 bridgehead atoms. The van der Waals surface area contributed by atoms with Crippen molar-refractivity contribution in [2.75, 3.05) is 0 Å². The van der Waals surface area contributed by atoms with Crippen LogP contribution in [0, 0.1) is 0 Å². The number of carbonyl (C=O) groups is 2. The van der Waals surface area contributed by atoms with Crippen molar-refractivity contribution in [1.82, 2.24) is 10.6 Å². The van der Waals surface area contributed by atoms with Gasteiger partial charge in [-0.3, -0.25) is 20.2 Å². The first-order valence-electron chi connectivity index (χ1n) is 4.12. The maximum atomic E-state index is 11.3. The van der Waals surface area contributed by atoms with Crippen LogP contribution in [0.15, 0.2) is 0 Å². The molecule has 66 valence electrons. The van der Waals surface area contributed by atoms with Crippen LogP contribution in [0.25, 0.3) is 0 Å². The minimum Gasteiger partial charge on any atom is -0.293 e. The molecule has 1 aliphatic carbocycles. The average molecular weight is 168 g/mol. The number of hydrogen-bond acceptors (Lipinski definition) is 3. The number of piperazine rings is 1. The van der Waals surface area contributed by atoms with Gasteiger partial charge in [-0.1, -0.05) is 0 Å². The van der Waals surface area contributed by atoms with E-state index in [9.17, 15) is 9.59 Å². The molecule has 2 fully saturated rings. The van der Waals surface area contributed by atoms with Crippen LogP contribution in [0.3, 0.4) is 0 Å². The molecule has 1 saturated heterocycles. The highest BCUT2D eigenvalue weighted by molar-refractivity contribution is 6.07. The molecule has 0 aromatic heterocycles. The van der Waals surface area contributed by atoms with Gasteiger partial charge in [-0.2, -0.15) is 0 Å². The lowest BCUT2D eigenvalue weighted by atomic mass is 9.97. The van der Waals surface area contributed by atoms with Gasteiger partial charge in [0.15, 0.2) is 0 Å². The Morgan fingerprint density at radius 1 is 1.17 bits per heavy atom. The van der Waals surface area contributed by atoms with Crippen molar-refractivity contribution in [1.29, 1.82) is 0 Å². The molecule has 0 radical (unpaired) electrons. The molecular weight excluding hydrogens is 156 g/mol. The second-order valence-electron chi connectivity index (χ2n) is 4.12. The van der Waals surface area contributed by atoms with Crippen molar-refractivity contribution in [2.24, 2.45) is 0 Å². The van der Waals surface area contributed by atoms with Gasteiger partial charge in [0.25, 0.3) is 0 Å². The summed E-state index contributed by atoms with van der Waals surface area (Å²) in [5.41, 5.74) is -1.03. The third-order valence-electron chi connectivity index (χ3n) is 2.53. The van der Waals surface area contributed by atoms with E-state index in [1.165, 1.54) is 0 Å². The maximum absolute atomic E-state index is 11.3. The fourth-order valence-electron chi connectivity index (χ4n) is 1.57. The fraction of sp³-hybridized carbons (Fsp3) is 0.750. The summed E-state index contributed by atoms with van der Waals surface area (Å²) in [6.07, 6.45) is 1.69. The largest absolute Gasteiger partial charge is 0.293 e. The Morgan fingerprint density at radius 3 is 2.25 bits per heavy atom. The highest BCUT2D eigenvalue weighted by atomic mass is 16.2. The molecule has 1 aliphatic heterocycles. The molecule has 2 aliphatic rings. The van der Waals surface area contributed by atoms with Crippen molar-refractivity contribution >= 4 is 11.8 Å².